The number of hydrazone groups is 1. The van der Waals surface area contributed by atoms with Gasteiger partial charge in [-0.25, -0.2) is 5.43 Å². The van der Waals surface area contributed by atoms with Gasteiger partial charge >= 0.3 is 0 Å². The maximum absolute atomic E-state index is 9.72. The Bertz CT molecular complexity index is 1120. The lowest BCUT2D eigenvalue weighted by Gasteiger charge is -2.03. The number of phenols is 3. The molecular weight excluding hydrogens is 324 g/mol. The molecule has 0 spiro atoms. The number of nitrogens with zero attached hydrogens (tertiary/aromatic N) is 4. The van der Waals surface area contributed by atoms with E-state index in [-0.39, 0.29) is 11.5 Å². The molecule has 5 N–H and O–H groups in total. The van der Waals surface area contributed by atoms with Crippen molar-refractivity contribution in [3.8, 4) is 17.2 Å². The number of aromatic hydroxyl groups is 3. The van der Waals surface area contributed by atoms with Crippen molar-refractivity contribution in [2.24, 2.45) is 5.10 Å². The van der Waals surface area contributed by atoms with Crippen LogP contribution in [-0.4, -0.2) is 41.7 Å². The third-order valence-corrected chi connectivity index (χ3v) is 3.65. The fourth-order valence-corrected chi connectivity index (χ4v) is 2.42. The van der Waals surface area contributed by atoms with Gasteiger partial charge in [0.15, 0.2) is 17.1 Å². The van der Waals surface area contributed by atoms with Crippen molar-refractivity contribution >= 4 is 34.2 Å². The highest BCUT2D eigenvalue weighted by Crippen LogP contribution is 2.36. The van der Waals surface area contributed by atoms with Gasteiger partial charge in [-0.3, -0.25) is 0 Å². The van der Waals surface area contributed by atoms with Gasteiger partial charge in [-0.15, -0.1) is 10.2 Å². The van der Waals surface area contributed by atoms with Gasteiger partial charge in [-0.1, -0.05) is 18.2 Å². The first kappa shape index (κ1) is 14.7. The third-order valence-electron chi connectivity index (χ3n) is 3.65. The summed E-state index contributed by atoms with van der Waals surface area (Å²) in [6.07, 6.45) is 1.26. The zero-order valence-corrected chi connectivity index (χ0v) is 12.7. The summed E-state index contributed by atoms with van der Waals surface area (Å²) in [4.78, 5) is 7.43. The average molecular weight is 336 g/mol. The van der Waals surface area contributed by atoms with Crippen molar-refractivity contribution in [3.63, 3.8) is 0 Å². The topological polar surface area (TPSA) is 140 Å². The predicted octanol–water partition coefficient (Wildman–Crippen LogP) is 2.07. The minimum atomic E-state index is -0.610. The smallest absolute Gasteiger partial charge is 0.265 e. The van der Waals surface area contributed by atoms with E-state index in [9.17, 15) is 15.3 Å². The number of hydrogen-bond acceptors (Lipinski definition) is 8. The maximum atomic E-state index is 9.72. The molecule has 124 valence electrons. The fourth-order valence-electron chi connectivity index (χ4n) is 2.42. The molecule has 4 rings (SSSR count). The molecule has 0 saturated heterocycles. The Morgan fingerprint density at radius 3 is 2.72 bits per heavy atom. The molecule has 2 aromatic heterocycles. The molecule has 0 bridgehead atoms. The minimum absolute atomic E-state index is 0.165. The number of aromatic nitrogens is 4. The highest BCUT2D eigenvalue weighted by Gasteiger charge is 2.10. The van der Waals surface area contributed by atoms with Gasteiger partial charge in [0.05, 0.1) is 6.21 Å². The van der Waals surface area contributed by atoms with E-state index in [2.05, 4.69) is 30.7 Å². The number of hydrogen-bond donors (Lipinski definition) is 5. The molecule has 0 aliphatic rings. The average Bonchev–Trinajstić information content (AvgIpc) is 2.99. The van der Waals surface area contributed by atoms with E-state index in [1.54, 1.807) is 0 Å². The lowest BCUT2D eigenvalue weighted by molar-refractivity contribution is 0.367. The number of H-pyrrole nitrogens is 1. The Morgan fingerprint density at radius 2 is 1.84 bits per heavy atom. The fraction of sp³-hybridized carbons (Fsp3) is 0. The number of rotatable bonds is 3. The second-order valence-corrected chi connectivity index (χ2v) is 5.24. The normalized spacial score (nSPS) is 11.5. The molecule has 0 radical (unpaired) electrons. The number of para-hydroxylation sites is 1. The zero-order chi connectivity index (χ0) is 17.4. The van der Waals surface area contributed by atoms with Gasteiger partial charge in [0.25, 0.3) is 5.95 Å². The van der Waals surface area contributed by atoms with Crippen LogP contribution in [-0.2, 0) is 0 Å². The number of fused-ring (bicyclic) bond motifs is 3. The first-order valence-electron chi connectivity index (χ1n) is 7.27. The molecule has 0 saturated carbocycles. The highest BCUT2D eigenvalue weighted by atomic mass is 16.3. The summed E-state index contributed by atoms with van der Waals surface area (Å²) in [5, 5.41) is 41.4. The van der Waals surface area contributed by atoms with Crippen LogP contribution in [0.15, 0.2) is 41.5 Å². The maximum Gasteiger partial charge on any atom is 0.265 e. The summed E-state index contributed by atoms with van der Waals surface area (Å²) in [5.74, 6) is -1.34. The molecule has 0 fully saturated rings. The molecule has 4 aromatic rings. The monoisotopic (exact) mass is 336 g/mol. The number of aromatic amines is 1. The third kappa shape index (κ3) is 2.53. The van der Waals surface area contributed by atoms with Crippen LogP contribution < -0.4 is 5.43 Å². The summed E-state index contributed by atoms with van der Waals surface area (Å²) in [6.45, 7) is 0. The lowest BCUT2D eigenvalue weighted by Crippen LogP contribution is -1.99. The van der Waals surface area contributed by atoms with Crippen molar-refractivity contribution < 1.29 is 15.3 Å². The Morgan fingerprint density at radius 1 is 1.00 bits per heavy atom. The van der Waals surface area contributed by atoms with Crippen molar-refractivity contribution in [3.05, 3.63) is 42.0 Å². The Labute approximate surface area is 140 Å². The van der Waals surface area contributed by atoms with Gasteiger partial charge < -0.3 is 20.3 Å². The molecular formula is C16H12N6O3. The van der Waals surface area contributed by atoms with Crippen LogP contribution in [0, 0.1) is 0 Å². The van der Waals surface area contributed by atoms with E-state index in [1.165, 1.54) is 18.3 Å². The SMILES string of the molecule is Oc1ccc(C=NNc2nnc3c(n2)[nH]c2ccccc23)c(O)c1O. The summed E-state index contributed by atoms with van der Waals surface area (Å²) in [7, 11) is 0. The van der Waals surface area contributed by atoms with Crippen molar-refractivity contribution in [1.82, 2.24) is 20.2 Å². The molecule has 25 heavy (non-hydrogen) atoms. The Kier molecular flexibility index (Phi) is 3.31. The second-order valence-electron chi connectivity index (χ2n) is 5.24. The summed E-state index contributed by atoms with van der Waals surface area (Å²) < 4.78 is 0. The van der Waals surface area contributed by atoms with E-state index in [4.69, 9.17) is 0 Å². The van der Waals surface area contributed by atoms with Crippen LogP contribution in [0.2, 0.25) is 0 Å². The molecule has 2 aromatic carbocycles. The largest absolute Gasteiger partial charge is 0.504 e. The quantitative estimate of drug-likeness (QED) is 0.219. The highest BCUT2D eigenvalue weighted by molar-refractivity contribution is 6.03. The molecule has 0 amide bonds. The summed E-state index contributed by atoms with van der Waals surface area (Å²) >= 11 is 0. The molecule has 2 heterocycles. The molecule has 0 unspecified atom stereocenters. The lowest BCUT2D eigenvalue weighted by atomic mass is 10.2. The predicted molar refractivity (Wildman–Crippen MR) is 91.8 cm³/mol. The molecule has 9 nitrogen and oxygen atoms in total. The second kappa shape index (κ2) is 5.64. The molecule has 0 aliphatic carbocycles. The van der Waals surface area contributed by atoms with E-state index in [1.807, 2.05) is 24.3 Å². The number of benzene rings is 2. The number of phenolic OH excluding ortho intramolecular Hbond substituents is 3. The van der Waals surface area contributed by atoms with Crippen LogP contribution in [0.5, 0.6) is 17.2 Å². The molecule has 0 atom stereocenters. The van der Waals surface area contributed by atoms with Gasteiger partial charge in [0, 0.05) is 16.5 Å². The minimum Gasteiger partial charge on any atom is -0.504 e. The Balaban J connectivity index is 1.61. The van der Waals surface area contributed by atoms with E-state index >= 15 is 0 Å². The molecule has 0 aliphatic heterocycles. The van der Waals surface area contributed by atoms with Crippen molar-refractivity contribution in [2.75, 3.05) is 5.43 Å². The van der Waals surface area contributed by atoms with E-state index < -0.39 is 17.2 Å². The van der Waals surface area contributed by atoms with Gasteiger partial charge in [0.2, 0.25) is 5.75 Å². The van der Waals surface area contributed by atoms with Crippen LogP contribution in [0.4, 0.5) is 5.95 Å². The zero-order valence-electron chi connectivity index (χ0n) is 12.7. The first-order chi connectivity index (χ1) is 12.1. The van der Waals surface area contributed by atoms with E-state index in [0.717, 1.165) is 10.9 Å². The van der Waals surface area contributed by atoms with E-state index in [0.29, 0.717) is 11.2 Å². The van der Waals surface area contributed by atoms with Crippen molar-refractivity contribution in [1.29, 1.82) is 0 Å². The van der Waals surface area contributed by atoms with Crippen LogP contribution in [0.1, 0.15) is 5.56 Å². The number of nitrogens with one attached hydrogen (secondary N) is 2. The van der Waals surface area contributed by atoms with Crippen molar-refractivity contribution in [2.45, 2.75) is 0 Å². The van der Waals surface area contributed by atoms with Crippen LogP contribution in [0.25, 0.3) is 22.1 Å². The van der Waals surface area contributed by atoms with Gasteiger partial charge in [-0.05, 0) is 18.2 Å². The standard InChI is InChI=1S/C16H12N6O3/c23-11-6-5-8(13(24)14(11)25)7-17-21-16-19-15-12(20-22-16)9-3-1-2-4-10(9)18-15/h1-7,23-25H,(H2,18,19,21,22). The van der Waals surface area contributed by atoms with Crippen LogP contribution in [0.3, 0.4) is 0 Å². The number of anilines is 1. The first-order valence-corrected chi connectivity index (χ1v) is 7.27. The van der Waals surface area contributed by atoms with Gasteiger partial charge in [-0.2, -0.15) is 10.1 Å². The van der Waals surface area contributed by atoms with Crippen LogP contribution >= 0.6 is 0 Å². The summed E-state index contributed by atoms with van der Waals surface area (Å²) in [5.41, 5.74) is 4.94. The van der Waals surface area contributed by atoms with Gasteiger partial charge in [0.1, 0.15) is 5.52 Å². The molecule has 9 heteroatoms. The Hall–Kier alpha value is -3.88. The summed E-state index contributed by atoms with van der Waals surface area (Å²) in [6, 6.07) is 10.3.